The molecule has 22 heavy (non-hydrogen) atoms. The fourth-order valence-corrected chi connectivity index (χ4v) is 2.51. The average molecular weight is 323 g/mol. The number of hydrogen-bond donors (Lipinski definition) is 0. The van der Waals surface area contributed by atoms with Gasteiger partial charge in [-0.25, -0.2) is 0 Å². The van der Waals surface area contributed by atoms with Crippen LogP contribution in [0, 0.1) is 0 Å². The van der Waals surface area contributed by atoms with Crippen LogP contribution in [0.4, 0.5) is 0 Å². The molecule has 116 valence electrons. The molecule has 2 aromatic rings. The van der Waals surface area contributed by atoms with E-state index in [1.54, 1.807) is 20.3 Å². The highest BCUT2D eigenvalue weighted by Crippen LogP contribution is 2.41. The Morgan fingerprint density at radius 2 is 1.82 bits per heavy atom. The summed E-state index contributed by atoms with van der Waals surface area (Å²) in [7, 11) is 3.16. The number of para-hydroxylation sites is 1. The van der Waals surface area contributed by atoms with Crippen molar-refractivity contribution in [2.75, 3.05) is 21.0 Å². The molecule has 1 heterocycles. The lowest BCUT2D eigenvalue weighted by Gasteiger charge is -2.14. The van der Waals surface area contributed by atoms with E-state index in [1.807, 2.05) is 24.3 Å². The minimum absolute atomic E-state index is 0.180. The number of methoxy groups -OCH3 is 2. The van der Waals surface area contributed by atoms with E-state index in [4.69, 9.17) is 35.3 Å². The number of halogens is 1. The van der Waals surface area contributed by atoms with Crippen molar-refractivity contribution in [1.82, 2.24) is 0 Å². The first-order valence-corrected chi connectivity index (χ1v) is 7.02. The van der Waals surface area contributed by atoms with Crippen molar-refractivity contribution >= 4 is 11.6 Å². The monoisotopic (exact) mass is 322 g/mol. The molecule has 3 rings (SSSR count). The Kier molecular flexibility index (Phi) is 4.15. The molecule has 5 nitrogen and oxygen atoms in total. The number of rotatable bonds is 5. The molecule has 0 spiro atoms. The van der Waals surface area contributed by atoms with Crippen LogP contribution in [0.2, 0.25) is 5.02 Å². The van der Waals surface area contributed by atoms with Crippen molar-refractivity contribution < 1.29 is 23.7 Å². The first-order chi connectivity index (χ1) is 10.7. The molecule has 0 atom stereocenters. The number of fused-ring (bicyclic) bond motifs is 1. The summed E-state index contributed by atoms with van der Waals surface area (Å²) in [5, 5.41) is 0.501. The van der Waals surface area contributed by atoms with Gasteiger partial charge in [0.2, 0.25) is 12.5 Å². The van der Waals surface area contributed by atoms with E-state index in [1.165, 1.54) is 0 Å². The molecule has 0 saturated heterocycles. The number of hydrogen-bond acceptors (Lipinski definition) is 5. The van der Waals surface area contributed by atoms with Gasteiger partial charge in [0.05, 0.1) is 19.2 Å². The number of ether oxygens (including phenoxy) is 5. The summed E-state index contributed by atoms with van der Waals surface area (Å²) in [5.41, 5.74) is 0.863. The van der Waals surface area contributed by atoms with Gasteiger partial charge in [-0.05, 0) is 29.8 Å². The van der Waals surface area contributed by atoms with E-state index in [9.17, 15) is 0 Å². The molecule has 1 aliphatic rings. The Morgan fingerprint density at radius 3 is 2.50 bits per heavy atom. The van der Waals surface area contributed by atoms with Gasteiger partial charge in [0, 0.05) is 0 Å². The molecule has 0 bridgehead atoms. The van der Waals surface area contributed by atoms with Crippen molar-refractivity contribution in [2.45, 2.75) is 6.61 Å². The lowest BCUT2D eigenvalue weighted by Crippen LogP contribution is -2.00. The average Bonchev–Trinajstić information content (AvgIpc) is 3.01. The van der Waals surface area contributed by atoms with Gasteiger partial charge in [0.25, 0.3) is 0 Å². The second-order valence-corrected chi connectivity index (χ2v) is 5.00. The predicted molar refractivity (Wildman–Crippen MR) is 81.5 cm³/mol. The van der Waals surface area contributed by atoms with E-state index in [0.29, 0.717) is 40.4 Å². The molecule has 0 fully saturated rings. The second kappa shape index (κ2) is 6.23. The zero-order valence-corrected chi connectivity index (χ0v) is 13.0. The smallest absolute Gasteiger partial charge is 0.231 e. The molecule has 0 radical (unpaired) electrons. The molecule has 0 unspecified atom stereocenters. The Morgan fingerprint density at radius 1 is 1.09 bits per heavy atom. The second-order valence-electron chi connectivity index (χ2n) is 4.59. The van der Waals surface area contributed by atoms with Gasteiger partial charge in [-0.2, -0.15) is 0 Å². The van der Waals surface area contributed by atoms with Gasteiger partial charge >= 0.3 is 0 Å². The van der Waals surface area contributed by atoms with Crippen molar-refractivity contribution in [2.24, 2.45) is 0 Å². The summed E-state index contributed by atoms with van der Waals surface area (Å²) in [6.45, 7) is 0.479. The van der Waals surface area contributed by atoms with Crippen LogP contribution in [0.5, 0.6) is 28.7 Å². The molecule has 1 aliphatic heterocycles. The third kappa shape index (κ3) is 2.72. The van der Waals surface area contributed by atoms with Gasteiger partial charge in [0.1, 0.15) is 6.61 Å². The fourth-order valence-electron chi connectivity index (χ4n) is 2.22. The van der Waals surface area contributed by atoms with Gasteiger partial charge in [-0.15, -0.1) is 0 Å². The maximum atomic E-state index is 6.16. The summed E-state index contributed by atoms with van der Waals surface area (Å²) < 4.78 is 27.1. The standard InChI is InChI=1S/C16H15ClO5/c1-18-12-4-3-5-13(19-2)16(12)20-8-10-6-11(17)15-14(7-10)21-9-22-15/h3-7H,8-9H2,1-2H3. The summed E-state index contributed by atoms with van der Waals surface area (Å²) in [6.07, 6.45) is 0. The lowest BCUT2D eigenvalue weighted by atomic mass is 10.2. The highest BCUT2D eigenvalue weighted by atomic mass is 35.5. The largest absolute Gasteiger partial charge is 0.493 e. The Bertz CT molecular complexity index is 664. The van der Waals surface area contributed by atoms with Crippen LogP contribution in [-0.4, -0.2) is 21.0 Å². The third-order valence-corrected chi connectivity index (χ3v) is 3.53. The molecule has 0 saturated carbocycles. The zero-order valence-electron chi connectivity index (χ0n) is 12.2. The van der Waals surface area contributed by atoms with Gasteiger partial charge < -0.3 is 23.7 Å². The maximum absolute atomic E-state index is 6.16. The lowest BCUT2D eigenvalue weighted by molar-refractivity contribution is 0.174. The molecule has 0 aliphatic carbocycles. The number of benzene rings is 2. The highest BCUT2D eigenvalue weighted by molar-refractivity contribution is 6.32. The van der Waals surface area contributed by atoms with Crippen LogP contribution >= 0.6 is 11.6 Å². The summed E-state index contributed by atoms with van der Waals surface area (Å²) in [6, 6.07) is 9.09. The summed E-state index contributed by atoms with van der Waals surface area (Å²) >= 11 is 6.16. The molecule has 0 amide bonds. The zero-order chi connectivity index (χ0) is 15.5. The molecular weight excluding hydrogens is 308 g/mol. The van der Waals surface area contributed by atoms with Crippen LogP contribution in [0.1, 0.15) is 5.56 Å². The Labute approximate surface area is 133 Å². The van der Waals surface area contributed by atoms with E-state index < -0.39 is 0 Å². The molecule has 0 aromatic heterocycles. The van der Waals surface area contributed by atoms with Gasteiger partial charge in [0.15, 0.2) is 23.0 Å². The third-order valence-electron chi connectivity index (χ3n) is 3.25. The van der Waals surface area contributed by atoms with Crippen LogP contribution in [0.25, 0.3) is 0 Å². The molecule has 2 aromatic carbocycles. The van der Waals surface area contributed by atoms with E-state index in [-0.39, 0.29) is 6.79 Å². The fraction of sp³-hybridized carbons (Fsp3) is 0.250. The van der Waals surface area contributed by atoms with Crippen LogP contribution in [0.3, 0.4) is 0 Å². The minimum Gasteiger partial charge on any atom is -0.493 e. The summed E-state index contributed by atoms with van der Waals surface area (Å²) in [5.74, 6) is 2.94. The highest BCUT2D eigenvalue weighted by Gasteiger charge is 2.19. The van der Waals surface area contributed by atoms with Gasteiger partial charge in [-0.1, -0.05) is 17.7 Å². The topological polar surface area (TPSA) is 46.2 Å². The first kappa shape index (κ1) is 14.7. The Balaban J connectivity index is 1.83. The maximum Gasteiger partial charge on any atom is 0.231 e. The molecular formula is C16H15ClO5. The van der Waals surface area contributed by atoms with Crippen LogP contribution in [-0.2, 0) is 6.61 Å². The Hall–Kier alpha value is -2.27. The van der Waals surface area contributed by atoms with Gasteiger partial charge in [-0.3, -0.25) is 0 Å². The normalized spacial score (nSPS) is 12.1. The van der Waals surface area contributed by atoms with Crippen LogP contribution < -0.4 is 23.7 Å². The van der Waals surface area contributed by atoms with Crippen molar-refractivity contribution in [3.05, 3.63) is 40.9 Å². The van der Waals surface area contributed by atoms with Crippen LogP contribution in [0.15, 0.2) is 30.3 Å². The minimum atomic E-state index is 0.180. The quantitative estimate of drug-likeness (QED) is 0.840. The SMILES string of the molecule is COc1cccc(OC)c1OCc1cc(Cl)c2c(c1)OCO2. The van der Waals surface area contributed by atoms with Crippen molar-refractivity contribution in [3.63, 3.8) is 0 Å². The van der Waals surface area contributed by atoms with E-state index in [2.05, 4.69) is 0 Å². The van der Waals surface area contributed by atoms with E-state index in [0.717, 1.165) is 5.56 Å². The molecule has 6 heteroatoms. The first-order valence-electron chi connectivity index (χ1n) is 6.64. The van der Waals surface area contributed by atoms with E-state index >= 15 is 0 Å². The summed E-state index contributed by atoms with van der Waals surface area (Å²) in [4.78, 5) is 0. The molecule has 0 N–H and O–H groups in total. The predicted octanol–water partition coefficient (Wildman–Crippen LogP) is 3.66. The van der Waals surface area contributed by atoms with Crippen molar-refractivity contribution in [3.8, 4) is 28.7 Å². The van der Waals surface area contributed by atoms with Crippen molar-refractivity contribution in [1.29, 1.82) is 0 Å².